The number of rotatable bonds is 6. The molecule has 0 aliphatic carbocycles. The van der Waals surface area contributed by atoms with Crippen molar-refractivity contribution in [2.24, 2.45) is 7.05 Å². The van der Waals surface area contributed by atoms with Gasteiger partial charge in [-0.1, -0.05) is 70.9 Å². The summed E-state index contributed by atoms with van der Waals surface area (Å²) in [5.74, 6) is -2.12. The van der Waals surface area contributed by atoms with E-state index in [0.29, 0.717) is 20.8 Å². The summed E-state index contributed by atoms with van der Waals surface area (Å²) in [6.45, 7) is 3.63. The van der Waals surface area contributed by atoms with Crippen molar-refractivity contribution in [1.29, 1.82) is 0 Å². The highest BCUT2D eigenvalue weighted by atomic mass is 79.9. The predicted molar refractivity (Wildman–Crippen MR) is 142 cm³/mol. The summed E-state index contributed by atoms with van der Waals surface area (Å²) in [7, 11) is 1.50. The number of pyridine rings is 1. The highest BCUT2D eigenvalue weighted by Crippen LogP contribution is 2.31. The Balaban J connectivity index is 1.75. The van der Waals surface area contributed by atoms with Crippen molar-refractivity contribution in [3.63, 3.8) is 0 Å². The molecule has 1 atom stereocenters. The predicted octanol–water partition coefficient (Wildman–Crippen LogP) is 5.99. The molecule has 0 fully saturated rings. The number of ether oxygens (including phenoxy) is 1. The fourth-order valence-corrected chi connectivity index (χ4v) is 4.36. The Labute approximate surface area is 215 Å². The van der Waals surface area contributed by atoms with Crippen molar-refractivity contribution in [2.45, 2.75) is 26.4 Å². The van der Waals surface area contributed by atoms with Crippen LogP contribution in [0.25, 0.3) is 21.9 Å². The van der Waals surface area contributed by atoms with E-state index >= 15 is 0 Å². The van der Waals surface area contributed by atoms with Crippen LogP contribution in [0, 0.1) is 12.7 Å². The maximum Gasteiger partial charge on any atom is 0.356 e. The first-order valence-corrected chi connectivity index (χ1v) is 12.2. The lowest BCUT2D eigenvalue weighted by Crippen LogP contribution is -2.34. The second-order valence-corrected chi connectivity index (χ2v) is 9.33. The van der Waals surface area contributed by atoms with E-state index in [2.05, 4.69) is 21.2 Å². The number of aryl methyl sites for hydroxylation is 1. The smallest absolute Gasteiger partial charge is 0.356 e. The number of carbonyl (C=O) groups is 2. The minimum absolute atomic E-state index is 0.0311. The Hall–Kier alpha value is -3.78. The zero-order valence-electron chi connectivity index (χ0n) is 20.0. The van der Waals surface area contributed by atoms with Crippen LogP contribution in [0.5, 0.6) is 0 Å². The zero-order valence-corrected chi connectivity index (χ0v) is 21.6. The molecule has 0 spiro atoms. The molecule has 1 aromatic heterocycles. The van der Waals surface area contributed by atoms with Gasteiger partial charge in [0, 0.05) is 22.5 Å². The quantitative estimate of drug-likeness (QED) is 0.299. The largest absolute Gasteiger partial charge is 0.448 e. The van der Waals surface area contributed by atoms with Gasteiger partial charge in [-0.2, -0.15) is 0 Å². The van der Waals surface area contributed by atoms with Crippen LogP contribution in [0.3, 0.4) is 0 Å². The van der Waals surface area contributed by atoms with E-state index in [1.807, 2.05) is 31.2 Å². The Morgan fingerprint density at radius 3 is 2.36 bits per heavy atom. The molecule has 4 aromatic rings. The number of fused-ring (bicyclic) bond motifs is 1. The van der Waals surface area contributed by atoms with Gasteiger partial charge in [0.25, 0.3) is 11.5 Å². The molecular formula is C28H24BrFN2O4. The van der Waals surface area contributed by atoms with Gasteiger partial charge in [-0.15, -0.1) is 0 Å². The average Bonchev–Trinajstić information content (AvgIpc) is 2.86. The second kappa shape index (κ2) is 10.5. The number of amides is 1. The minimum Gasteiger partial charge on any atom is -0.448 e. The van der Waals surface area contributed by atoms with Crippen LogP contribution in [0.4, 0.5) is 10.1 Å². The van der Waals surface area contributed by atoms with Gasteiger partial charge in [-0.3, -0.25) is 9.59 Å². The molecule has 0 aliphatic rings. The topological polar surface area (TPSA) is 77.4 Å². The lowest BCUT2D eigenvalue weighted by molar-refractivity contribution is -0.124. The number of carbonyl (C=O) groups excluding carboxylic acids is 2. The van der Waals surface area contributed by atoms with Gasteiger partial charge in [-0.25, -0.2) is 9.18 Å². The third-order valence-corrected chi connectivity index (χ3v) is 6.43. The summed E-state index contributed by atoms with van der Waals surface area (Å²) in [6, 6.07) is 18.8. The summed E-state index contributed by atoms with van der Waals surface area (Å²) < 4.78 is 21.6. The standard InChI is InChI=1S/C28H24BrFN2O4/c1-4-23(26(33)31-22-14-13-18(29)15-21(22)30)36-28(35)25-24(17-11-9-16(2)10-12-17)19-7-5-6-8-20(19)27(34)32(25)3/h5-15,23H,4H2,1-3H3,(H,31,33). The number of esters is 1. The van der Waals surface area contributed by atoms with Gasteiger partial charge in [0.1, 0.15) is 11.5 Å². The first-order valence-electron chi connectivity index (χ1n) is 11.4. The van der Waals surface area contributed by atoms with E-state index < -0.39 is 23.8 Å². The molecule has 8 heteroatoms. The molecule has 0 radical (unpaired) electrons. The van der Waals surface area contributed by atoms with E-state index in [4.69, 9.17) is 4.74 Å². The molecule has 1 unspecified atom stereocenters. The molecule has 184 valence electrons. The number of nitrogens with zero attached hydrogens (tertiary/aromatic N) is 1. The molecule has 4 rings (SSSR count). The first kappa shape index (κ1) is 25.3. The summed E-state index contributed by atoms with van der Waals surface area (Å²) in [5, 5.41) is 3.54. The van der Waals surface area contributed by atoms with Gasteiger partial charge < -0.3 is 14.6 Å². The van der Waals surface area contributed by atoms with Gasteiger partial charge >= 0.3 is 5.97 Å². The molecule has 0 aliphatic heterocycles. The summed E-state index contributed by atoms with van der Waals surface area (Å²) in [5.41, 5.74) is 1.95. The number of hydrogen-bond donors (Lipinski definition) is 1. The lowest BCUT2D eigenvalue weighted by Gasteiger charge is -2.20. The third kappa shape index (κ3) is 4.95. The zero-order chi connectivity index (χ0) is 26.0. The first-order chi connectivity index (χ1) is 17.2. The van der Waals surface area contributed by atoms with Crippen molar-refractivity contribution >= 4 is 44.3 Å². The maximum atomic E-state index is 14.2. The Morgan fingerprint density at radius 1 is 1.06 bits per heavy atom. The fraction of sp³-hybridized carbons (Fsp3) is 0.179. The van der Waals surface area contributed by atoms with Crippen molar-refractivity contribution in [3.05, 3.63) is 98.6 Å². The molecule has 0 saturated carbocycles. The van der Waals surface area contributed by atoms with Gasteiger partial charge in [0.15, 0.2) is 6.10 Å². The average molecular weight is 551 g/mol. The minimum atomic E-state index is -1.20. The normalized spacial score (nSPS) is 11.8. The molecule has 36 heavy (non-hydrogen) atoms. The summed E-state index contributed by atoms with van der Waals surface area (Å²) in [4.78, 5) is 39.5. The van der Waals surface area contributed by atoms with E-state index in [0.717, 1.165) is 11.1 Å². The van der Waals surface area contributed by atoms with Crippen LogP contribution in [0.1, 0.15) is 29.4 Å². The van der Waals surface area contributed by atoms with E-state index in [9.17, 15) is 18.8 Å². The van der Waals surface area contributed by atoms with Crippen molar-refractivity contribution in [1.82, 2.24) is 4.57 Å². The van der Waals surface area contributed by atoms with Crippen molar-refractivity contribution in [3.8, 4) is 11.1 Å². The van der Waals surface area contributed by atoms with Crippen LogP contribution in [-0.4, -0.2) is 22.5 Å². The molecule has 6 nitrogen and oxygen atoms in total. The number of nitrogens with one attached hydrogen (secondary N) is 1. The van der Waals surface area contributed by atoms with Gasteiger partial charge in [0.05, 0.1) is 5.69 Å². The fourth-order valence-electron chi connectivity index (χ4n) is 4.03. The van der Waals surface area contributed by atoms with Crippen LogP contribution in [0.2, 0.25) is 0 Å². The monoisotopic (exact) mass is 550 g/mol. The summed E-state index contributed by atoms with van der Waals surface area (Å²) >= 11 is 3.17. The molecule has 0 saturated heterocycles. The van der Waals surface area contributed by atoms with Crippen LogP contribution >= 0.6 is 15.9 Å². The number of benzene rings is 3. The highest BCUT2D eigenvalue weighted by molar-refractivity contribution is 9.10. The number of halogens is 2. The lowest BCUT2D eigenvalue weighted by atomic mass is 9.96. The highest BCUT2D eigenvalue weighted by Gasteiger charge is 2.28. The second-order valence-electron chi connectivity index (χ2n) is 8.42. The van der Waals surface area contributed by atoms with Crippen LogP contribution in [-0.2, 0) is 16.6 Å². The van der Waals surface area contributed by atoms with Crippen molar-refractivity contribution in [2.75, 3.05) is 5.32 Å². The molecule has 1 amide bonds. The van der Waals surface area contributed by atoms with Crippen molar-refractivity contribution < 1.29 is 18.7 Å². The number of anilines is 1. The van der Waals surface area contributed by atoms with E-state index in [1.165, 1.54) is 23.7 Å². The molecule has 1 N–H and O–H groups in total. The molecule has 0 bridgehead atoms. The SMILES string of the molecule is CCC(OC(=O)c1c(-c2ccc(C)cc2)c2ccccc2c(=O)n1C)C(=O)Nc1ccc(Br)cc1F. The van der Waals surface area contributed by atoms with E-state index in [1.54, 1.807) is 37.3 Å². The molecule has 1 heterocycles. The van der Waals surface area contributed by atoms with Gasteiger partial charge in [-0.05, 0) is 48.6 Å². The Bertz CT molecular complexity index is 1530. The maximum absolute atomic E-state index is 14.2. The Kier molecular flexibility index (Phi) is 7.35. The third-order valence-electron chi connectivity index (χ3n) is 5.94. The van der Waals surface area contributed by atoms with E-state index in [-0.39, 0.29) is 23.4 Å². The van der Waals surface area contributed by atoms with Crippen LogP contribution in [0.15, 0.2) is 76.0 Å². The number of hydrogen-bond acceptors (Lipinski definition) is 4. The van der Waals surface area contributed by atoms with Crippen LogP contribution < -0.4 is 10.9 Å². The van der Waals surface area contributed by atoms with Gasteiger partial charge in [0.2, 0.25) is 0 Å². The molecular weight excluding hydrogens is 527 g/mol. The number of aromatic nitrogens is 1. The molecule has 3 aromatic carbocycles. The summed E-state index contributed by atoms with van der Waals surface area (Å²) in [6.07, 6.45) is -1.05. The Morgan fingerprint density at radius 2 is 1.72 bits per heavy atom.